The minimum Gasteiger partial charge on any atom is -0.491 e. The summed E-state index contributed by atoms with van der Waals surface area (Å²) in [6.45, 7) is 10.8. The van der Waals surface area contributed by atoms with Crippen molar-refractivity contribution in [1.82, 2.24) is 5.32 Å². The molecule has 216 valence electrons. The number of amides is 1. The number of rotatable bonds is 14. The minimum absolute atomic E-state index is 0.152. The van der Waals surface area contributed by atoms with Crippen LogP contribution in [0.5, 0.6) is 5.75 Å². The van der Waals surface area contributed by atoms with E-state index in [4.69, 9.17) is 4.74 Å². The van der Waals surface area contributed by atoms with Gasteiger partial charge in [-0.05, 0) is 89.6 Å². The molecular weight excluding hydrogens is 502 g/mol. The molecule has 3 aromatic carbocycles. The highest BCUT2D eigenvalue weighted by atomic mass is 16.5. The number of carbonyl (C=O) groups excluding carboxylic acids is 2. The van der Waals surface area contributed by atoms with Crippen molar-refractivity contribution in [1.29, 1.82) is 0 Å². The molecule has 0 saturated heterocycles. The molecule has 0 aliphatic carbocycles. The van der Waals surface area contributed by atoms with Gasteiger partial charge in [0.15, 0.2) is 0 Å². The SMILES string of the molecule is CCCC(C)(C)C(O)COc1ccc(C(CC)CCc2ccc3cc(C(=O)NCC(=O)OC)ccc3c2)cc1C. The number of hydrogen-bond acceptors (Lipinski definition) is 5. The quantitative estimate of drug-likeness (QED) is 0.218. The first-order chi connectivity index (χ1) is 19.1. The second kappa shape index (κ2) is 14.3. The Morgan fingerprint density at radius 3 is 2.40 bits per heavy atom. The normalized spacial score (nSPS) is 13.1. The Morgan fingerprint density at radius 2 is 1.73 bits per heavy atom. The van der Waals surface area contributed by atoms with Gasteiger partial charge in [-0.2, -0.15) is 0 Å². The van der Waals surface area contributed by atoms with E-state index < -0.39 is 12.1 Å². The van der Waals surface area contributed by atoms with Crippen LogP contribution in [0.3, 0.4) is 0 Å². The van der Waals surface area contributed by atoms with Crippen LogP contribution in [0, 0.1) is 12.3 Å². The zero-order valence-corrected chi connectivity index (χ0v) is 24.9. The number of carbonyl (C=O) groups is 2. The van der Waals surface area contributed by atoms with Crippen LogP contribution in [0.1, 0.15) is 86.3 Å². The second-order valence-corrected chi connectivity index (χ2v) is 11.4. The van der Waals surface area contributed by atoms with Crippen molar-refractivity contribution in [2.45, 2.75) is 78.7 Å². The van der Waals surface area contributed by atoms with Gasteiger partial charge in [-0.3, -0.25) is 9.59 Å². The smallest absolute Gasteiger partial charge is 0.325 e. The molecule has 0 aliphatic heterocycles. The lowest BCUT2D eigenvalue weighted by Crippen LogP contribution is -2.34. The fourth-order valence-corrected chi connectivity index (χ4v) is 5.16. The molecule has 6 nitrogen and oxygen atoms in total. The summed E-state index contributed by atoms with van der Waals surface area (Å²) >= 11 is 0. The molecule has 0 bridgehead atoms. The van der Waals surface area contributed by atoms with E-state index in [1.807, 2.05) is 18.2 Å². The molecular formula is C34H45NO5. The summed E-state index contributed by atoms with van der Waals surface area (Å²) in [7, 11) is 1.29. The molecule has 3 rings (SSSR count). The van der Waals surface area contributed by atoms with E-state index in [2.05, 4.69) is 75.0 Å². The van der Waals surface area contributed by atoms with Gasteiger partial charge in [0.25, 0.3) is 5.91 Å². The van der Waals surface area contributed by atoms with Crippen molar-refractivity contribution in [3.8, 4) is 5.75 Å². The molecule has 1 amide bonds. The Balaban J connectivity index is 1.61. The Bertz CT molecular complexity index is 1300. The van der Waals surface area contributed by atoms with Gasteiger partial charge in [-0.1, -0.05) is 70.5 Å². The fourth-order valence-electron chi connectivity index (χ4n) is 5.16. The number of aliphatic hydroxyl groups is 1. The maximum Gasteiger partial charge on any atom is 0.325 e. The molecule has 2 unspecified atom stereocenters. The van der Waals surface area contributed by atoms with Gasteiger partial charge in [-0.25, -0.2) is 0 Å². The lowest BCUT2D eigenvalue weighted by Gasteiger charge is -2.30. The highest BCUT2D eigenvalue weighted by molar-refractivity contribution is 5.99. The third-order valence-corrected chi connectivity index (χ3v) is 7.93. The fraction of sp³-hybridized carbons (Fsp3) is 0.471. The van der Waals surface area contributed by atoms with E-state index in [0.717, 1.165) is 54.2 Å². The Labute approximate surface area is 239 Å². The number of esters is 1. The molecule has 0 spiro atoms. The van der Waals surface area contributed by atoms with E-state index in [-0.39, 0.29) is 17.9 Å². The summed E-state index contributed by atoms with van der Waals surface area (Å²) in [6.07, 6.45) is 4.51. The number of methoxy groups -OCH3 is 1. The molecule has 0 heterocycles. The molecule has 0 saturated carbocycles. The Kier molecular flexibility index (Phi) is 11.1. The third kappa shape index (κ3) is 8.31. The van der Waals surface area contributed by atoms with Crippen molar-refractivity contribution in [2.75, 3.05) is 20.3 Å². The molecule has 40 heavy (non-hydrogen) atoms. The maximum atomic E-state index is 12.4. The zero-order valence-electron chi connectivity index (χ0n) is 24.9. The van der Waals surface area contributed by atoms with Crippen LogP contribution >= 0.6 is 0 Å². The van der Waals surface area contributed by atoms with Crippen LogP contribution in [0.15, 0.2) is 54.6 Å². The first kappa shape index (κ1) is 31.2. The highest BCUT2D eigenvalue weighted by Crippen LogP contribution is 2.31. The molecule has 3 aromatic rings. The molecule has 0 aliphatic rings. The molecule has 2 atom stereocenters. The predicted molar refractivity (Wildman–Crippen MR) is 161 cm³/mol. The summed E-state index contributed by atoms with van der Waals surface area (Å²) in [5, 5.41) is 15.3. The number of fused-ring (bicyclic) bond motifs is 1. The van der Waals surface area contributed by atoms with Crippen LogP contribution < -0.4 is 10.1 Å². The predicted octanol–water partition coefficient (Wildman–Crippen LogP) is 6.74. The summed E-state index contributed by atoms with van der Waals surface area (Å²) in [6, 6.07) is 18.4. The van der Waals surface area contributed by atoms with Crippen molar-refractivity contribution in [3.05, 3.63) is 76.9 Å². The van der Waals surface area contributed by atoms with Crippen LogP contribution in [0.4, 0.5) is 0 Å². The first-order valence-electron chi connectivity index (χ1n) is 14.4. The molecule has 0 radical (unpaired) electrons. The van der Waals surface area contributed by atoms with E-state index in [9.17, 15) is 14.7 Å². The lowest BCUT2D eigenvalue weighted by atomic mass is 9.82. The van der Waals surface area contributed by atoms with Crippen LogP contribution in [0.25, 0.3) is 10.8 Å². The topological polar surface area (TPSA) is 84.9 Å². The highest BCUT2D eigenvalue weighted by Gasteiger charge is 2.27. The standard InChI is InChI=1S/C34H45NO5/c1-7-17-34(4,5)31(36)22-40-30-16-15-26(18-23(30)3)25(8-2)11-9-24-10-12-28-20-29(14-13-27(28)19-24)33(38)35-21-32(37)39-6/h10,12-16,18-20,25,31,36H,7-9,11,17,21-22H2,1-6H3,(H,35,38). The van der Waals surface area contributed by atoms with E-state index >= 15 is 0 Å². The van der Waals surface area contributed by atoms with Crippen molar-refractivity contribution < 1.29 is 24.2 Å². The van der Waals surface area contributed by atoms with Crippen molar-refractivity contribution in [2.24, 2.45) is 5.41 Å². The number of aryl methyl sites for hydroxylation is 2. The Morgan fingerprint density at radius 1 is 1.00 bits per heavy atom. The van der Waals surface area contributed by atoms with Gasteiger partial charge < -0.3 is 19.9 Å². The first-order valence-corrected chi connectivity index (χ1v) is 14.4. The van der Waals surface area contributed by atoms with Crippen LogP contribution in [0.2, 0.25) is 0 Å². The average molecular weight is 548 g/mol. The van der Waals surface area contributed by atoms with Gasteiger partial charge in [0.05, 0.1) is 13.2 Å². The molecule has 0 fully saturated rings. The lowest BCUT2D eigenvalue weighted by molar-refractivity contribution is -0.139. The Hall–Kier alpha value is -3.38. The third-order valence-electron chi connectivity index (χ3n) is 7.93. The van der Waals surface area contributed by atoms with E-state index in [1.54, 1.807) is 6.07 Å². The van der Waals surface area contributed by atoms with Crippen molar-refractivity contribution in [3.63, 3.8) is 0 Å². The number of nitrogens with one attached hydrogen (secondary N) is 1. The van der Waals surface area contributed by atoms with Gasteiger partial charge in [-0.15, -0.1) is 0 Å². The molecule has 0 aromatic heterocycles. The second-order valence-electron chi connectivity index (χ2n) is 11.4. The van der Waals surface area contributed by atoms with Crippen LogP contribution in [-0.2, 0) is 16.0 Å². The van der Waals surface area contributed by atoms with Gasteiger partial charge >= 0.3 is 5.97 Å². The zero-order chi connectivity index (χ0) is 29.3. The monoisotopic (exact) mass is 547 g/mol. The molecule has 2 N–H and O–H groups in total. The number of benzene rings is 3. The largest absolute Gasteiger partial charge is 0.491 e. The van der Waals surface area contributed by atoms with E-state index in [0.29, 0.717) is 18.1 Å². The average Bonchev–Trinajstić information content (AvgIpc) is 2.94. The summed E-state index contributed by atoms with van der Waals surface area (Å²) in [5.74, 6) is 0.479. The summed E-state index contributed by atoms with van der Waals surface area (Å²) < 4.78 is 10.6. The van der Waals surface area contributed by atoms with Crippen molar-refractivity contribution >= 4 is 22.6 Å². The van der Waals surface area contributed by atoms with E-state index in [1.165, 1.54) is 18.2 Å². The summed E-state index contributed by atoms with van der Waals surface area (Å²) in [5.41, 5.74) is 4.00. The summed E-state index contributed by atoms with van der Waals surface area (Å²) in [4.78, 5) is 23.7. The number of hydrogen-bond donors (Lipinski definition) is 2. The maximum absolute atomic E-state index is 12.4. The van der Waals surface area contributed by atoms with Gasteiger partial charge in [0.1, 0.15) is 18.9 Å². The van der Waals surface area contributed by atoms with Crippen LogP contribution in [-0.4, -0.2) is 43.3 Å². The number of ether oxygens (including phenoxy) is 2. The minimum atomic E-state index is -0.507. The molecule has 6 heteroatoms. The number of aliphatic hydroxyl groups excluding tert-OH is 1. The van der Waals surface area contributed by atoms with Gasteiger partial charge in [0, 0.05) is 5.56 Å². The van der Waals surface area contributed by atoms with Gasteiger partial charge in [0.2, 0.25) is 0 Å².